The Morgan fingerprint density at radius 1 is 1.29 bits per heavy atom. The molecule has 1 unspecified atom stereocenters. The molecule has 0 saturated carbocycles. The molecule has 0 saturated heterocycles. The summed E-state index contributed by atoms with van der Waals surface area (Å²) in [4.78, 5) is 16.5. The third kappa shape index (κ3) is 5.32. The van der Waals surface area contributed by atoms with Crippen LogP contribution in [0.25, 0.3) is 0 Å². The highest BCUT2D eigenvalue weighted by atomic mass is 35.5. The van der Waals surface area contributed by atoms with Crippen LogP contribution in [-0.4, -0.2) is 22.1 Å². The van der Waals surface area contributed by atoms with E-state index in [4.69, 9.17) is 10.3 Å². The summed E-state index contributed by atoms with van der Waals surface area (Å²) in [6, 6.07) is 8.92. The molecule has 2 aromatic rings. The smallest absolute Gasteiger partial charge is 0.238 e. The Labute approximate surface area is 148 Å². The van der Waals surface area contributed by atoms with E-state index in [0.717, 1.165) is 5.56 Å². The van der Waals surface area contributed by atoms with Crippen LogP contribution in [0, 0.1) is 5.41 Å². The van der Waals surface area contributed by atoms with Gasteiger partial charge in [0.15, 0.2) is 5.82 Å². The van der Waals surface area contributed by atoms with E-state index in [2.05, 4.69) is 15.5 Å². The van der Waals surface area contributed by atoms with Crippen LogP contribution < -0.4 is 11.1 Å². The maximum Gasteiger partial charge on any atom is 0.238 e. The highest BCUT2D eigenvalue weighted by Crippen LogP contribution is 2.18. The number of nitrogens with one attached hydrogen (secondary N) is 1. The van der Waals surface area contributed by atoms with Crippen molar-refractivity contribution < 1.29 is 9.32 Å². The highest BCUT2D eigenvalue weighted by molar-refractivity contribution is 5.85. The predicted octanol–water partition coefficient (Wildman–Crippen LogP) is 2.63. The van der Waals surface area contributed by atoms with Gasteiger partial charge in [-0.05, 0) is 17.9 Å². The highest BCUT2D eigenvalue weighted by Gasteiger charge is 2.29. The number of benzene rings is 1. The summed E-state index contributed by atoms with van der Waals surface area (Å²) in [5.41, 5.74) is 6.74. The molecule has 0 aliphatic rings. The molecule has 7 heteroatoms. The second kappa shape index (κ2) is 8.26. The molecule has 0 aliphatic heterocycles. The fourth-order valence-electron chi connectivity index (χ4n) is 2.05. The van der Waals surface area contributed by atoms with Gasteiger partial charge in [-0.25, -0.2) is 0 Å². The third-order valence-electron chi connectivity index (χ3n) is 3.64. The minimum absolute atomic E-state index is 0. The van der Waals surface area contributed by atoms with Gasteiger partial charge in [0, 0.05) is 0 Å². The minimum Gasteiger partial charge on any atom is -0.345 e. The normalized spacial score (nSPS) is 13.7. The first kappa shape index (κ1) is 20.1. The van der Waals surface area contributed by atoms with Crippen molar-refractivity contribution in [2.75, 3.05) is 0 Å². The molecule has 3 N–H and O–H groups in total. The summed E-state index contributed by atoms with van der Waals surface area (Å²) in [5.74, 6) is 0.747. The van der Waals surface area contributed by atoms with Gasteiger partial charge in [0.1, 0.15) is 0 Å². The third-order valence-corrected chi connectivity index (χ3v) is 3.64. The number of hydrogen-bond acceptors (Lipinski definition) is 5. The van der Waals surface area contributed by atoms with Crippen molar-refractivity contribution in [3.63, 3.8) is 0 Å². The minimum atomic E-state index is -0.597. The summed E-state index contributed by atoms with van der Waals surface area (Å²) in [6.07, 6.45) is 0.565. The van der Waals surface area contributed by atoms with Crippen molar-refractivity contribution in [3.8, 4) is 0 Å². The summed E-state index contributed by atoms with van der Waals surface area (Å²) >= 11 is 0. The Morgan fingerprint density at radius 2 is 1.92 bits per heavy atom. The number of carbonyl (C=O) groups excluding carboxylic acids is 1. The van der Waals surface area contributed by atoms with E-state index in [-0.39, 0.29) is 29.8 Å². The van der Waals surface area contributed by atoms with Crippen LogP contribution in [0.1, 0.15) is 51.0 Å². The second-order valence-corrected chi connectivity index (χ2v) is 6.78. The van der Waals surface area contributed by atoms with E-state index in [9.17, 15) is 4.79 Å². The van der Waals surface area contributed by atoms with E-state index < -0.39 is 6.04 Å². The first-order valence-corrected chi connectivity index (χ1v) is 7.69. The Balaban J connectivity index is 0.00000288. The van der Waals surface area contributed by atoms with Gasteiger partial charge >= 0.3 is 0 Å². The first-order valence-electron chi connectivity index (χ1n) is 7.69. The van der Waals surface area contributed by atoms with E-state index in [1.807, 2.05) is 58.0 Å². The number of amides is 1. The van der Waals surface area contributed by atoms with Gasteiger partial charge in [-0.15, -0.1) is 12.4 Å². The summed E-state index contributed by atoms with van der Waals surface area (Å²) in [6.45, 7) is 7.58. The molecule has 0 bridgehead atoms. The van der Waals surface area contributed by atoms with Crippen molar-refractivity contribution in [1.29, 1.82) is 0 Å². The number of carbonyl (C=O) groups is 1. The van der Waals surface area contributed by atoms with E-state index >= 15 is 0 Å². The molecule has 24 heavy (non-hydrogen) atoms. The monoisotopic (exact) mass is 352 g/mol. The standard InChI is InChI=1S/C17H24N4O2.ClH/c1-11(19-16(22)14(18)17(2,3)4)15-20-13(23-21-15)10-12-8-6-5-7-9-12;/h5-9,11,14H,10,18H2,1-4H3,(H,19,22);1H/t11?,14-;/m1./s1. The maximum absolute atomic E-state index is 12.1. The van der Waals surface area contributed by atoms with Crippen LogP contribution in [0.15, 0.2) is 34.9 Å². The lowest BCUT2D eigenvalue weighted by atomic mass is 9.87. The topological polar surface area (TPSA) is 94.0 Å². The zero-order valence-corrected chi connectivity index (χ0v) is 15.3. The Hall–Kier alpha value is -1.92. The molecule has 6 nitrogen and oxygen atoms in total. The lowest BCUT2D eigenvalue weighted by Crippen LogP contribution is -2.49. The van der Waals surface area contributed by atoms with Gasteiger partial charge in [-0.3, -0.25) is 4.79 Å². The molecular formula is C17H25ClN4O2. The average molecular weight is 353 g/mol. The molecule has 1 aromatic carbocycles. The lowest BCUT2D eigenvalue weighted by molar-refractivity contribution is -0.125. The average Bonchev–Trinajstić information content (AvgIpc) is 2.95. The van der Waals surface area contributed by atoms with Gasteiger partial charge in [0.25, 0.3) is 0 Å². The predicted molar refractivity (Wildman–Crippen MR) is 94.8 cm³/mol. The Morgan fingerprint density at radius 3 is 2.50 bits per heavy atom. The molecule has 0 spiro atoms. The van der Waals surface area contributed by atoms with Crippen molar-refractivity contribution in [2.24, 2.45) is 11.1 Å². The fraction of sp³-hybridized carbons (Fsp3) is 0.471. The number of nitrogens with two attached hydrogens (primary N) is 1. The van der Waals surface area contributed by atoms with E-state index in [1.165, 1.54) is 0 Å². The lowest BCUT2D eigenvalue weighted by Gasteiger charge is -2.26. The molecule has 2 rings (SSSR count). The molecule has 1 amide bonds. The Kier molecular flexibility index (Phi) is 6.93. The number of nitrogens with zero attached hydrogens (tertiary/aromatic N) is 2. The molecule has 0 fully saturated rings. The van der Waals surface area contributed by atoms with Crippen molar-refractivity contribution in [3.05, 3.63) is 47.6 Å². The van der Waals surface area contributed by atoms with Crippen molar-refractivity contribution >= 4 is 18.3 Å². The first-order chi connectivity index (χ1) is 10.8. The van der Waals surface area contributed by atoms with E-state index in [0.29, 0.717) is 18.1 Å². The van der Waals surface area contributed by atoms with Crippen LogP contribution in [0.5, 0.6) is 0 Å². The quantitative estimate of drug-likeness (QED) is 0.862. The maximum atomic E-state index is 12.1. The molecule has 1 aromatic heterocycles. The number of halogens is 1. The molecule has 0 radical (unpaired) electrons. The molecule has 132 valence electrons. The van der Waals surface area contributed by atoms with Gasteiger partial charge in [0.2, 0.25) is 11.8 Å². The van der Waals surface area contributed by atoms with Crippen molar-refractivity contribution in [2.45, 2.75) is 46.2 Å². The van der Waals surface area contributed by atoms with Crippen LogP contribution in [0.4, 0.5) is 0 Å². The van der Waals surface area contributed by atoms with Gasteiger partial charge in [0.05, 0.1) is 18.5 Å². The van der Waals surface area contributed by atoms with Gasteiger partial charge < -0.3 is 15.6 Å². The van der Waals surface area contributed by atoms with Crippen LogP contribution in [0.3, 0.4) is 0 Å². The van der Waals surface area contributed by atoms with Crippen molar-refractivity contribution in [1.82, 2.24) is 15.5 Å². The molecule has 0 aliphatic carbocycles. The van der Waals surface area contributed by atoms with Gasteiger partial charge in [-0.1, -0.05) is 56.3 Å². The number of rotatable bonds is 5. The van der Waals surface area contributed by atoms with Crippen LogP contribution in [0.2, 0.25) is 0 Å². The van der Waals surface area contributed by atoms with Crippen LogP contribution in [-0.2, 0) is 11.2 Å². The number of aromatic nitrogens is 2. The second-order valence-electron chi connectivity index (χ2n) is 6.78. The van der Waals surface area contributed by atoms with Gasteiger partial charge in [-0.2, -0.15) is 4.98 Å². The zero-order chi connectivity index (χ0) is 17.0. The largest absolute Gasteiger partial charge is 0.345 e. The molecular weight excluding hydrogens is 328 g/mol. The fourth-order valence-corrected chi connectivity index (χ4v) is 2.05. The van der Waals surface area contributed by atoms with Crippen LogP contribution >= 0.6 is 12.4 Å². The summed E-state index contributed by atoms with van der Waals surface area (Å²) in [7, 11) is 0. The Bertz CT molecular complexity index is 652. The molecule has 2 atom stereocenters. The molecule has 1 heterocycles. The number of hydrogen-bond donors (Lipinski definition) is 2. The summed E-state index contributed by atoms with van der Waals surface area (Å²) in [5, 5.41) is 6.78. The summed E-state index contributed by atoms with van der Waals surface area (Å²) < 4.78 is 5.26. The zero-order valence-electron chi connectivity index (χ0n) is 14.4. The SMILES string of the molecule is CC(NC(=O)[C@@H](N)C(C)(C)C)c1noc(Cc2ccccc2)n1.Cl. The van der Waals surface area contributed by atoms with E-state index in [1.54, 1.807) is 0 Å².